The van der Waals surface area contributed by atoms with Crippen molar-refractivity contribution in [3.8, 4) is 5.75 Å². The molecule has 0 aliphatic carbocycles. The molecule has 1 amide bonds. The lowest BCUT2D eigenvalue weighted by Crippen LogP contribution is -2.13. The van der Waals surface area contributed by atoms with Crippen LogP contribution < -0.4 is 10.1 Å². The highest BCUT2D eigenvalue weighted by atomic mass is 16.5. The molecule has 2 N–H and O–H groups in total. The molecule has 0 spiro atoms. The van der Waals surface area contributed by atoms with Gasteiger partial charge in [0.05, 0.1) is 7.11 Å². The number of nitrogens with one attached hydrogen (secondary N) is 2. The Morgan fingerprint density at radius 1 is 1.42 bits per heavy atom. The maximum Gasteiger partial charge on any atom is 0.248 e. The Balaban J connectivity index is 1.89. The minimum Gasteiger partial charge on any atom is -0.496 e. The lowest BCUT2D eigenvalue weighted by Gasteiger charge is -2.07. The van der Waals surface area contributed by atoms with E-state index < -0.39 is 0 Å². The van der Waals surface area contributed by atoms with Crippen LogP contribution in [0.5, 0.6) is 5.75 Å². The molecule has 0 atom stereocenters. The number of aryl methyl sites for hydroxylation is 2. The minimum atomic E-state index is -0.120. The fraction of sp³-hybridized carbons (Fsp3) is 0.308. The van der Waals surface area contributed by atoms with Crippen LogP contribution in [0, 0.1) is 6.92 Å². The second-order valence-corrected chi connectivity index (χ2v) is 4.10. The predicted octanol–water partition coefficient (Wildman–Crippen LogP) is 1.69. The van der Waals surface area contributed by atoms with Gasteiger partial charge >= 0.3 is 0 Å². The van der Waals surface area contributed by atoms with Gasteiger partial charge < -0.3 is 4.74 Å². The number of H-pyrrole nitrogens is 1. The summed E-state index contributed by atoms with van der Waals surface area (Å²) in [4.78, 5) is 15.8. The van der Waals surface area contributed by atoms with E-state index in [2.05, 4.69) is 20.5 Å². The second kappa shape index (κ2) is 5.99. The number of ether oxygens (including phenoxy) is 1. The molecule has 0 saturated carbocycles. The van der Waals surface area contributed by atoms with E-state index in [1.807, 2.05) is 24.3 Å². The first kappa shape index (κ1) is 13.1. The van der Waals surface area contributed by atoms with Crippen molar-refractivity contribution in [3.05, 3.63) is 35.7 Å². The monoisotopic (exact) mass is 260 g/mol. The average molecular weight is 260 g/mol. The zero-order valence-corrected chi connectivity index (χ0v) is 10.9. The SMILES string of the molecule is COc1ccccc1CCC(=O)Nc1n[nH]c(C)n1. The molecule has 6 heteroatoms. The lowest BCUT2D eigenvalue weighted by atomic mass is 10.1. The highest BCUT2D eigenvalue weighted by molar-refractivity contribution is 5.89. The van der Waals surface area contributed by atoms with E-state index in [9.17, 15) is 4.79 Å². The van der Waals surface area contributed by atoms with Crippen molar-refractivity contribution in [1.29, 1.82) is 0 Å². The van der Waals surface area contributed by atoms with Crippen molar-refractivity contribution in [3.63, 3.8) is 0 Å². The number of anilines is 1. The number of carbonyl (C=O) groups excluding carboxylic acids is 1. The van der Waals surface area contributed by atoms with Crippen LogP contribution in [0.3, 0.4) is 0 Å². The maximum atomic E-state index is 11.7. The molecule has 0 aliphatic heterocycles. The Morgan fingerprint density at radius 3 is 2.89 bits per heavy atom. The predicted molar refractivity (Wildman–Crippen MR) is 71.1 cm³/mol. The third-order valence-electron chi connectivity index (χ3n) is 2.66. The van der Waals surface area contributed by atoms with Crippen LogP contribution in [-0.4, -0.2) is 28.2 Å². The van der Waals surface area contributed by atoms with Crippen LogP contribution in [0.25, 0.3) is 0 Å². The van der Waals surface area contributed by atoms with E-state index in [-0.39, 0.29) is 5.91 Å². The van der Waals surface area contributed by atoms with E-state index in [1.165, 1.54) is 0 Å². The van der Waals surface area contributed by atoms with Crippen LogP contribution in [0.4, 0.5) is 5.95 Å². The van der Waals surface area contributed by atoms with Gasteiger partial charge in [-0.3, -0.25) is 15.2 Å². The molecule has 19 heavy (non-hydrogen) atoms. The molecule has 0 saturated heterocycles. The van der Waals surface area contributed by atoms with Crippen molar-refractivity contribution < 1.29 is 9.53 Å². The van der Waals surface area contributed by atoms with Gasteiger partial charge in [-0.15, -0.1) is 5.10 Å². The number of para-hydroxylation sites is 1. The van der Waals surface area contributed by atoms with Crippen LogP contribution >= 0.6 is 0 Å². The van der Waals surface area contributed by atoms with Crippen LogP contribution in [-0.2, 0) is 11.2 Å². The molecule has 100 valence electrons. The Bertz CT molecular complexity index is 565. The third kappa shape index (κ3) is 3.54. The first-order chi connectivity index (χ1) is 9.19. The average Bonchev–Trinajstić information content (AvgIpc) is 2.82. The molecule has 0 radical (unpaired) electrons. The Hall–Kier alpha value is -2.37. The molecule has 0 bridgehead atoms. The summed E-state index contributed by atoms with van der Waals surface area (Å²) < 4.78 is 5.24. The standard InChI is InChI=1S/C13H16N4O2/c1-9-14-13(17-16-9)15-12(18)8-7-10-5-3-4-6-11(10)19-2/h3-6H,7-8H2,1-2H3,(H2,14,15,16,17,18). The number of nitrogens with zero attached hydrogens (tertiary/aromatic N) is 2. The van der Waals surface area contributed by atoms with E-state index in [0.29, 0.717) is 24.6 Å². The fourth-order valence-electron chi connectivity index (χ4n) is 1.74. The van der Waals surface area contributed by atoms with Gasteiger partial charge in [0.25, 0.3) is 0 Å². The quantitative estimate of drug-likeness (QED) is 0.857. The van der Waals surface area contributed by atoms with E-state index in [1.54, 1.807) is 14.0 Å². The zero-order valence-electron chi connectivity index (χ0n) is 10.9. The molecule has 1 aromatic heterocycles. The Kier molecular flexibility index (Phi) is 4.12. The Morgan fingerprint density at radius 2 is 2.21 bits per heavy atom. The lowest BCUT2D eigenvalue weighted by molar-refractivity contribution is -0.116. The summed E-state index contributed by atoms with van der Waals surface area (Å²) in [5.41, 5.74) is 1.01. The summed E-state index contributed by atoms with van der Waals surface area (Å²) in [5.74, 6) is 1.65. The Labute approximate surface area is 111 Å². The number of amides is 1. The van der Waals surface area contributed by atoms with Gasteiger partial charge in [-0.25, -0.2) is 0 Å². The summed E-state index contributed by atoms with van der Waals surface area (Å²) in [7, 11) is 1.62. The first-order valence-corrected chi connectivity index (χ1v) is 6.00. The first-order valence-electron chi connectivity index (χ1n) is 6.00. The molecule has 1 aromatic carbocycles. The van der Waals surface area contributed by atoms with Crippen LogP contribution in [0.2, 0.25) is 0 Å². The van der Waals surface area contributed by atoms with Crippen molar-refractivity contribution in [1.82, 2.24) is 15.2 Å². The number of benzene rings is 1. The minimum absolute atomic E-state index is 0.120. The van der Waals surface area contributed by atoms with Crippen molar-refractivity contribution in [2.24, 2.45) is 0 Å². The van der Waals surface area contributed by atoms with Gasteiger partial charge in [-0.2, -0.15) is 4.98 Å². The van der Waals surface area contributed by atoms with Gasteiger partial charge in [-0.1, -0.05) is 18.2 Å². The number of carbonyl (C=O) groups is 1. The van der Waals surface area contributed by atoms with E-state index >= 15 is 0 Å². The van der Waals surface area contributed by atoms with Gasteiger partial charge in [-0.05, 0) is 25.0 Å². The summed E-state index contributed by atoms with van der Waals surface area (Å²) >= 11 is 0. The van der Waals surface area contributed by atoms with Gasteiger partial charge in [0.2, 0.25) is 11.9 Å². The van der Waals surface area contributed by atoms with Gasteiger partial charge in [0.15, 0.2) is 0 Å². The molecule has 0 unspecified atom stereocenters. The summed E-state index contributed by atoms with van der Waals surface area (Å²) in [5, 5.41) is 9.16. The molecule has 0 aliphatic rings. The largest absolute Gasteiger partial charge is 0.496 e. The summed E-state index contributed by atoms with van der Waals surface area (Å²) in [6, 6.07) is 7.65. The summed E-state index contributed by atoms with van der Waals surface area (Å²) in [6.45, 7) is 1.78. The molecule has 0 fully saturated rings. The number of aromatic amines is 1. The highest BCUT2D eigenvalue weighted by Gasteiger charge is 2.08. The maximum absolute atomic E-state index is 11.7. The van der Waals surface area contributed by atoms with Crippen molar-refractivity contribution in [2.75, 3.05) is 12.4 Å². The normalized spacial score (nSPS) is 10.2. The number of methoxy groups -OCH3 is 1. The smallest absolute Gasteiger partial charge is 0.248 e. The number of rotatable bonds is 5. The molecule has 2 aromatic rings. The highest BCUT2D eigenvalue weighted by Crippen LogP contribution is 2.18. The van der Waals surface area contributed by atoms with E-state index in [0.717, 1.165) is 11.3 Å². The number of hydrogen-bond acceptors (Lipinski definition) is 4. The van der Waals surface area contributed by atoms with Gasteiger partial charge in [0, 0.05) is 6.42 Å². The second-order valence-electron chi connectivity index (χ2n) is 4.10. The van der Waals surface area contributed by atoms with E-state index in [4.69, 9.17) is 4.74 Å². The molecule has 6 nitrogen and oxygen atoms in total. The number of hydrogen-bond donors (Lipinski definition) is 2. The molecular weight excluding hydrogens is 244 g/mol. The van der Waals surface area contributed by atoms with Crippen LogP contribution in [0.1, 0.15) is 17.8 Å². The van der Waals surface area contributed by atoms with Crippen molar-refractivity contribution >= 4 is 11.9 Å². The third-order valence-corrected chi connectivity index (χ3v) is 2.66. The fourth-order valence-corrected chi connectivity index (χ4v) is 1.74. The topological polar surface area (TPSA) is 79.9 Å². The molecule has 1 heterocycles. The van der Waals surface area contributed by atoms with Crippen LogP contribution in [0.15, 0.2) is 24.3 Å². The van der Waals surface area contributed by atoms with Gasteiger partial charge in [0.1, 0.15) is 11.6 Å². The number of aromatic nitrogens is 3. The summed E-state index contributed by atoms with van der Waals surface area (Å²) in [6.07, 6.45) is 0.965. The zero-order chi connectivity index (χ0) is 13.7. The molecule has 2 rings (SSSR count). The molecular formula is C13H16N4O2. The van der Waals surface area contributed by atoms with Crippen molar-refractivity contribution in [2.45, 2.75) is 19.8 Å².